The Morgan fingerprint density at radius 3 is 2.80 bits per heavy atom. The van der Waals surface area contributed by atoms with Gasteiger partial charge in [-0.1, -0.05) is 24.3 Å². The Morgan fingerprint density at radius 1 is 1.25 bits per heavy atom. The number of benzene rings is 1. The van der Waals surface area contributed by atoms with Crippen molar-refractivity contribution in [3.63, 3.8) is 0 Å². The van der Waals surface area contributed by atoms with Gasteiger partial charge in [-0.05, 0) is 24.4 Å². The fraction of sp³-hybridized carbons (Fsp3) is 0.250. The van der Waals surface area contributed by atoms with Crippen molar-refractivity contribution < 1.29 is 5.11 Å². The molecule has 0 saturated carbocycles. The molecule has 1 unspecified atom stereocenters. The Bertz CT molecular complexity index is 743. The second-order valence-corrected chi connectivity index (χ2v) is 5.04. The average molecular weight is 267 g/mol. The summed E-state index contributed by atoms with van der Waals surface area (Å²) in [7, 11) is 1.89. The number of hydrogen-bond acceptors (Lipinski definition) is 3. The maximum atomic E-state index is 10.5. The highest BCUT2D eigenvalue weighted by atomic mass is 16.3. The van der Waals surface area contributed by atoms with Crippen LogP contribution < -0.4 is 0 Å². The van der Waals surface area contributed by atoms with Crippen LogP contribution in [0.5, 0.6) is 0 Å². The van der Waals surface area contributed by atoms with Crippen molar-refractivity contribution in [1.82, 2.24) is 14.8 Å². The number of rotatable bonds is 3. The number of aryl methyl sites for hydroxylation is 2. The number of aliphatic hydroxyl groups is 1. The molecule has 0 amide bonds. The lowest BCUT2D eigenvalue weighted by atomic mass is 10.0. The molecule has 3 rings (SSSR count). The lowest BCUT2D eigenvalue weighted by Crippen LogP contribution is -2.08. The molecule has 0 fully saturated rings. The van der Waals surface area contributed by atoms with Crippen LogP contribution in [0.2, 0.25) is 0 Å². The van der Waals surface area contributed by atoms with Gasteiger partial charge in [-0.25, -0.2) is 0 Å². The Morgan fingerprint density at radius 2 is 2.05 bits per heavy atom. The molecule has 0 bridgehead atoms. The first-order valence-electron chi connectivity index (χ1n) is 6.66. The van der Waals surface area contributed by atoms with E-state index in [-0.39, 0.29) is 0 Å². The third kappa shape index (κ3) is 2.30. The summed E-state index contributed by atoms with van der Waals surface area (Å²) in [5, 5.41) is 16.9. The van der Waals surface area contributed by atoms with E-state index < -0.39 is 6.10 Å². The zero-order chi connectivity index (χ0) is 14.1. The highest BCUT2D eigenvalue weighted by Crippen LogP contribution is 2.24. The minimum absolute atomic E-state index is 0.512. The Kier molecular flexibility index (Phi) is 3.24. The normalized spacial score (nSPS) is 12.8. The third-order valence-electron chi connectivity index (χ3n) is 3.52. The number of aliphatic hydroxyl groups excluding tert-OH is 1. The van der Waals surface area contributed by atoms with Gasteiger partial charge in [0.05, 0.1) is 11.4 Å². The van der Waals surface area contributed by atoms with Crippen LogP contribution in [0.15, 0.2) is 42.6 Å². The molecule has 1 atom stereocenters. The molecule has 2 heterocycles. The SMILES string of the molecule is Cc1cc(CC(O)c2nccc3ccccc23)n(C)n1. The molecular formula is C16H17N3O. The first-order valence-corrected chi connectivity index (χ1v) is 6.66. The number of hydrogen-bond donors (Lipinski definition) is 1. The molecule has 4 heteroatoms. The molecule has 4 nitrogen and oxygen atoms in total. The molecule has 20 heavy (non-hydrogen) atoms. The molecule has 0 spiro atoms. The maximum Gasteiger partial charge on any atom is 0.102 e. The smallest absolute Gasteiger partial charge is 0.102 e. The van der Waals surface area contributed by atoms with Crippen molar-refractivity contribution >= 4 is 10.8 Å². The largest absolute Gasteiger partial charge is 0.386 e. The highest BCUT2D eigenvalue weighted by Gasteiger charge is 2.15. The van der Waals surface area contributed by atoms with Crippen LogP contribution in [0.25, 0.3) is 10.8 Å². The fourth-order valence-corrected chi connectivity index (χ4v) is 2.56. The predicted octanol–water partition coefficient (Wildman–Crippen LogP) is 2.55. The van der Waals surface area contributed by atoms with Crippen LogP contribution in [-0.2, 0) is 13.5 Å². The Balaban J connectivity index is 1.96. The first-order chi connectivity index (χ1) is 9.65. The second-order valence-electron chi connectivity index (χ2n) is 5.04. The minimum atomic E-state index is -0.629. The van der Waals surface area contributed by atoms with E-state index in [9.17, 15) is 5.11 Å². The summed E-state index contributed by atoms with van der Waals surface area (Å²) in [6, 6.07) is 11.9. The van der Waals surface area contributed by atoms with Gasteiger partial charge in [-0.2, -0.15) is 5.10 Å². The molecule has 2 aromatic heterocycles. The molecule has 0 aliphatic rings. The van der Waals surface area contributed by atoms with E-state index in [1.807, 2.05) is 55.1 Å². The van der Waals surface area contributed by atoms with Crippen LogP contribution in [0.1, 0.15) is 23.2 Å². The van der Waals surface area contributed by atoms with Gasteiger partial charge in [0.15, 0.2) is 0 Å². The van der Waals surface area contributed by atoms with Crippen molar-refractivity contribution in [3.8, 4) is 0 Å². The van der Waals surface area contributed by atoms with E-state index in [2.05, 4.69) is 10.1 Å². The van der Waals surface area contributed by atoms with E-state index in [4.69, 9.17) is 0 Å². The van der Waals surface area contributed by atoms with Crippen molar-refractivity contribution in [2.24, 2.45) is 7.05 Å². The topological polar surface area (TPSA) is 50.9 Å². The van der Waals surface area contributed by atoms with Crippen molar-refractivity contribution in [1.29, 1.82) is 0 Å². The van der Waals surface area contributed by atoms with E-state index in [0.29, 0.717) is 6.42 Å². The quantitative estimate of drug-likeness (QED) is 0.793. The van der Waals surface area contributed by atoms with Gasteiger partial charge in [0.2, 0.25) is 0 Å². The van der Waals surface area contributed by atoms with Crippen LogP contribution in [0.3, 0.4) is 0 Å². The van der Waals surface area contributed by atoms with Crippen LogP contribution in [0, 0.1) is 6.92 Å². The summed E-state index contributed by atoms with van der Waals surface area (Å²) in [5.41, 5.74) is 2.69. The molecule has 0 saturated heterocycles. The standard InChI is InChI=1S/C16H17N3O/c1-11-9-13(19(2)18-11)10-15(20)16-14-6-4-3-5-12(14)7-8-17-16/h3-9,15,20H,10H2,1-2H3. The Hall–Kier alpha value is -2.20. The molecular weight excluding hydrogens is 250 g/mol. The van der Waals surface area contributed by atoms with Gasteiger partial charge in [-0.3, -0.25) is 9.67 Å². The molecule has 0 aliphatic carbocycles. The lowest BCUT2D eigenvalue weighted by Gasteiger charge is -2.12. The molecule has 0 aliphatic heterocycles. The summed E-state index contributed by atoms with van der Waals surface area (Å²) in [6.45, 7) is 1.95. The lowest BCUT2D eigenvalue weighted by molar-refractivity contribution is 0.172. The van der Waals surface area contributed by atoms with Crippen LogP contribution >= 0.6 is 0 Å². The summed E-state index contributed by atoms with van der Waals surface area (Å²) < 4.78 is 1.81. The number of nitrogens with zero attached hydrogens (tertiary/aromatic N) is 3. The monoisotopic (exact) mass is 267 g/mol. The van der Waals surface area contributed by atoms with E-state index in [0.717, 1.165) is 27.9 Å². The zero-order valence-corrected chi connectivity index (χ0v) is 11.6. The average Bonchev–Trinajstić information content (AvgIpc) is 2.76. The zero-order valence-electron chi connectivity index (χ0n) is 11.6. The maximum absolute atomic E-state index is 10.5. The summed E-state index contributed by atoms with van der Waals surface area (Å²) in [5.74, 6) is 0. The number of fused-ring (bicyclic) bond motifs is 1. The summed E-state index contributed by atoms with van der Waals surface area (Å²) in [4.78, 5) is 4.36. The summed E-state index contributed by atoms with van der Waals surface area (Å²) >= 11 is 0. The van der Waals surface area contributed by atoms with Crippen molar-refractivity contribution in [2.45, 2.75) is 19.4 Å². The first kappa shape index (κ1) is 12.8. The molecule has 1 N–H and O–H groups in total. The highest BCUT2D eigenvalue weighted by molar-refractivity contribution is 5.84. The van der Waals surface area contributed by atoms with Crippen LogP contribution in [-0.4, -0.2) is 19.9 Å². The van der Waals surface area contributed by atoms with Gasteiger partial charge in [0, 0.05) is 30.7 Å². The predicted molar refractivity (Wildman–Crippen MR) is 78.4 cm³/mol. The molecule has 1 aromatic carbocycles. The molecule has 3 aromatic rings. The van der Waals surface area contributed by atoms with Gasteiger partial charge >= 0.3 is 0 Å². The summed E-state index contributed by atoms with van der Waals surface area (Å²) in [6.07, 6.45) is 1.63. The van der Waals surface area contributed by atoms with Gasteiger partial charge in [0.1, 0.15) is 6.10 Å². The molecule has 0 radical (unpaired) electrons. The van der Waals surface area contributed by atoms with Gasteiger partial charge in [0.25, 0.3) is 0 Å². The number of pyridine rings is 1. The van der Waals surface area contributed by atoms with Crippen LogP contribution in [0.4, 0.5) is 0 Å². The third-order valence-corrected chi connectivity index (χ3v) is 3.52. The van der Waals surface area contributed by atoms with Crippen molar-refractivity contribution in [2.75, 3.05) is 0 Å². The van der Waals surface area contributed by atoms with E-state index in [1.54, 1.807) is 6.20 Å². The van der Waals surface area contributed by atoms with E-state index in [1.165, 1.54) is 0 Å². The minimum Gasteiger partial charge on any atom is -0.386 e. The van der Waals surface area contributed by atoms with E-state index >= 15 is 0 Å². The Labute approximate surface area is 117 Å². The molecule has 102 valence electrons. The van der Waals surface area contributed by atoms with Gasteiger partial charge < -0.3 is 5.11 Å². The number of aromatic nitrogens is 3. The van der Waals surface area contributed by atoms with Gasteiger partial charge in [-0.15, -0.1) is 0 Å². The fourth-order valence-electron chi connectivity index (χ4n) is 2.56. The second kappa shape index (κ2) is 5.06. The van der Waals surface area contributed by atoms with Crippen molar-refractivity contribution in [3.05, 3.63) is 59.7 Å².